The van der Waals surface area contributed by atoms with Gasteiger partial charge in [0.1, 0.15) is 0 Å². The van der Waals surface area contributed by atoms with E-state index in [4.69, 9.17) is 4.74 Å². The molecular weight excluding hydrogens is 304 g/mol. The lowest BCUT2D eigenvalue weighted by Gasteiger charge is -2.12. The first kappa shape index (κ1) is 18.3. The third kappa shape index (κ3) is 6.58. The summed E-state index contributed by atoms with van der Waals surface area (Å²) >= 11 is 0. The topological polar surface area (TPSA) is 74.8 Å². The van der Waals surface area contributed by atoms with E-state index in [9.17, 15) is 4.79 Å². The summed E-state index contributed by atoms with van der Waals surface area (Å²) in [7, 11) is 1.69. The predicted octanol–water partition coefficient (Wildman–Crippen LogP) is 1.41. The van der Waals surface area contributed by atoms with Crippen LogP contribution in [0.4, 0.5) is 0 Å². The number of guanidine groups is 1. The second-order valence-electron chi connectivity index (χ2n) is 5.94. The first-order valence-electron chi connectivity index (χ1n) is 8.59. The molecule has 132 valence electrons. The Kier molecular flexibility index (Phi) is 7.55. The first-order valence-corrected chi connectivity index (χ1v) is 8.59. The van der Waals surface area contributed by atoms with Crippen LogP contribution in [0.15, 0.2) is 29.3 Å². The zero-order valence-corrected chi connectivity index (χ0v) is 14.6. The van der Waals surface area contributed by atoms with Gasteiger partial charge in [0.15, 0.2) is 5.96 Å². The summed E-state index contributed by atoms with van der Waals surface area (Å²) in [6.45, 7) is 5.31. The molecule has 2 rings (SSSR count). The highest BCUT2D eigenvalue weighted by Crippen LogP contribution is 2.28. The van der Waals surface area contributed by atoms with Crippen LogP contribution in [0.1, 0.15) is 30.9 Å². The van der Waals surface area contributed by atoms with Gasteiger partial charge in [0, 0.05) is 32.7 Å². The Balaban J connectivity index is 1.78. The number of methoxy groups -OCH3 is 1. The number of hydrogen-bond donors (Lipinski definition) is 3. The number of rotatable bonds is 9. The zero-order valence-electron chi connectivity index (χ0n) is 14.6. The number of ether oxygens (including phenoxy) is 1. The van der Waals surface area contributed by atoms with Crippen LogP contribution < -0.4 is 16.0 Å². The molecule has 0 heterocycles. The molecule has 0 aliphatic heterocycles. The minimum absolute atomic E-state index is 0.175. The number of nitrogens with zero attached hydrogens (tertiary/aromatic N) is 1. The molecule has 0 radical (unpaired) electrons. The van der Waals surface area contributed by atoms with Crippen molar-refractivity contribution in [1.29, 1.82) is 0 Å². The van der Waals surface area contributed by atoms with E-state index in [-0.39, 0.29) is 11.8 Å². The van der Waals surface area contributed by atoms with Crippen LogP contribution in [0.3, 0.4) is 0 Å². The van der Waals surface area contributed by atoms with Crippen molar-refractivity contribution < 1.29 is 9.53 Å². The Hall–Kier alpha value is -2.08. The average Bonchev–Trinajstić information content (AvgIpc) is 3.42. The van der Waals surface area contributed by atoms with Crippen LogP contribution in [-0.2, 0) is 22.7 Å². The minimum Gasteiger partial charge on any atom is -0.380 e. The molecule has 0 atom stereocenters. The van der Waals surface area contributed by atoms with Crippen molar-refractivity contribution in [3.05, 3.63) is 35.4 Å². The maximum Gasteiger partial charge on any atom is 0.223 e. The van der Waals surface area contributed by atoms with Crippen molar-refractivity contribution in [3.8, 4) is 0 Å². The van der Waals surface area contributed by atoms with Gasteiger partial charge in [-0.2, -0.15) is 0 Å². The molecule has 1 aromatic rings. The van der Waals surface area contributed by atoms with E-state index in [1.165, 1.54) is 0 Å². The van der Waals surface area contributed by atoms with E-state index in [0.717, 1.165) is 36.5 Å². The molecule has 0 saturated heterocycles. The fraction of sp³-hybridized carbons (Fsp3) is 0.556. The quantitative estimate of drug-likeness (QED) is 0.363. The second kappa shape index (κ2) is 9.93. The molecule has 1 aromatic carbocycles. The normalized spacial score (nSPS) is 14.3. The maximum atomic E-state index is 11.6. The molecule has 1 saturated carbocycles. The van der Waals surface area contributed by atoms with E-state index in [1.54, 1.807) is 7.11 Å². The van der Waals surface area contributed by atoms with Crippen molar-refractivity contribution in [2.24, 2.45) is 10.9 Å². The minimum atomic E-state index is 0.175. The monoisotopic (exact) mass is 332 g/mol. The van der Waals surface area contributed by atoms with E-state index in [1.807, 2.05) is 19.1 Å². The lowest BCUT2D eigenvalue weighted by molar-refractivity contribution is -0.122. The highest BCUT2D eigenvalue weighted by atomic mass is 16.5. The van der Waals surface area contributed by atoms with Crippen LogP contribution in [0.2, 0.25) is 0 Å². The highest BCUT2D eigenvalue weighted by molar-refractivity contribution is 5.81. The number of nitrogens with one attached hydrogen (secondary N) is 3. The Bertz CT molecular complexity index is 556. The Labute approximate surface area is 144 Å². The van der Waals surface area contributed by atoms with Gasteiger partial charge in [0.05, 0.1) is 13.2 Å². The van der Waals surface area contributed by atoms with E-state index < -0.39 is 0 Å². The summed E-state index contributed by atoms with van der Waals surface area (Å²) in [6.07, 6.45) is 2.07. The van der Waals surface area contributed by atoms with Gasteiger partial charge in [0.25, 0.3) is 0 Å². The third-order valence-corrected chi connectivity index (χ3v) is 3.73. The SMILES string of the molecule is CCNC(=NCc1cccc(COC)c1)NCCNC(=O)C1CC1. The summed E-state index contributed by atoms with van der Waals surface area (Å²) < 4.78 is 5.16. The van der Waals surface area contributed by atoms with Gasteiger partial charge >= 0.3 is 0 Å². The van der Waals surface area contributed by atoms with Gasteiger partial charge in [-0.15, -0.1) is 0 Å². The summed E-state index contributed by atoms with van der Waals surface area (Å²) in [6, 6.07) is 8.23. The number of carbonyl (C=O) groups is 1. The zero-order chi connectivity index (χ0) is 17.2. The Morgan fingerprint density at radius 3 is 2.67 bits per heavy atom. The molecule has 1 fully saturated rings. The van der Waals surface area contributed by atoms with Crippen molar-refractivity contribution >= 4 is 11.9 Å². The fourth-order valence-corrected chi connectivity index (χ4v) is 2.35. The Morgan fingerprint density at radius 2 is 1.96 bits per heavy atom. The smallest absolute Gasteiger partial charge is 0.223 e. The van der Waals surface area contributed by atoms with Crippen molar-refractivity contribution in [2.75, 3.05) is 26.7 Å². The van der Waals surface area contributed by atoms with Crippen molar-refractivity contribution in [2.45, 2.75) is 32.9 Å². The lowest BCUT2D eigenvalue weighted by Crippen LogP contribution is -2.41. The summed E-state index contributed by atoms with van der Waals surface area (Å²) in [4.78, 5) is 16.2. The molecule has 0 bridgehead atoms. The molecule has 1 amide bonds. The molecule has 1 aliphatic carbocycles. The number of hydrogen-bond acceptors (Lipinski definition) is 3. The number of aliphatic imine (C=N–C) groups is 1. The summed E-state index contributed by atoms with van der Waals surface area (Å²) in [5.41, 5.74) is 2.29. The second-order valence-corrected chi connectivity index (χ2v) is 5.94. The number of benzene rings is 1. The number of carbonyl (C=O) groups excluding carboxylic acids is 1. The van der Waals surface area contributed by atoms with Crippen LogP contribution in [0.25, 0.3) is 0 Å². The Morgan fingerprint density at radius 1 is 1.21 bits per heavy atom. The molecule has 0 spiro atoms. The fourth-order valence-electron chi connectivity index (χ4n) is 2.35. The highest BCUT2D eigenvalue weighted by Gasteiger charge is 2.28. The van der Waals surface area contributed by atoms with Crippen LogP contribution >= 0.6 is 0 Å². The summed E-state index contributed by atoms with van der Waals surface area (Å²) in [5.74, 6) is 1.19. The first-order chi connectivity index (χ1) is 11.7. The van der Waals surface area contributed by atoms with Crippen LogP contribution in [0.5, 0.6) is 0 Å². The molecule has 0 unspecified atom stereocenters. The molecule has 0 aromatic heterocycles. The standard InChI is InChI=1S/C18H28N4O2/c1-3-19-18(21-10-9-20-17(23)16-7-8-16)22-12-14-5-4-6-15(11-14)13-24-2/h4-6,11,16H,3,7-10,12-13H2,1-2H3,(H,20,23)(H2,19,21,22). The van der Waals surface area contributed by atoms with Crippen molar-refractivity contribution in [3.63, 3.8) is 0 Å². The van der Waals surface area contributed by atoms with Crippen LogP contribution in [-0.4, -0.2) is 38.6 Å². The predicted molar refractivity (Wildman–Crippen MR) is 95.7 cm³/mol. The molecule has 6 nitrogen and oxygen atoms in total. The molecular formula is C18H28N4O2. The van der Waals surface area contributed by atoms with Gasteiger partial charge in [-0.1, -0.05) is 24.3 Å². The lowest BCUT2D eigenvalue weighted by atomic mass is 10.1. The molecule has 1 aliphatic rings. The average molecular weight is 332 g/mol. The maximum absolute atomic E-state index is 11.6. The van der Waals surface area contributed by atoms with Crippen molar-refractivity contribution in [1.82, 2.24) is 16.0 Å². The van der Waals surface area contributed by atoms with Crippen LogP contribution in [0, 0.1) is 5.92 Å². The third-order valence-electron chi connectivity index (χ3n) is 3.73. The number of amides is 1. The van der Waals surface area contributed by atoms with Gasteiger partial charge < -0.3 is 20.7 Å². The van der Waals surface area contributed by atoms with E-state index >= 15 is 0 Å². The van der Waals surface area contributed by atoms with E-state index in [0.29, 0.717) is 26.2 Å². The summed E-state index contributed by atoms with van der Waals surface area (Å²) in [5, 5.41) is 9.40. The molecule has 6 heteroatoms. The van der Waals surface area contributed by atoms with Gasteiger partial charge in [-0.3, -0.25) is 4.79 Å². The molecule has 3 N–H and O–H groups in total. The van der Waals surface area contributed by atoms with Gasteiger partial charge in [0.2, 0.25) is 5.91 Å². The van der Waals surface area contributed by atoms with Gasteiger partial charge in [-0.05, 0) is 30.9 Å². The van der Waals surface area contributed by atoms with E-state index in [2.05, 4.69) is 33.1 Å². The largest absolute Gasteiger partial charge is 0.380 e. The molecule has 24 heavy (non-hydrogen) atoms. The van der Waals surface area contributed by atoms with Gasteiger partial charge in [-0.25, -0.2) is 4.99 Å².